The second-order valence-corrected chi connectivity index (χ2v) is 7.33. The van der Waals surface area contributed by atoms with Gasteiger partial charge < -0.3 is 34.5 Å². The van der Waals surface area contributed by atoms with Crippen LogP contribution in [0, 0.1) is 0 Å². The number of methoxy groups -OCH3 is 1. The Bertz CT molecular complexity index is 970. The number of hydrogen-bond acceptors (Lipinski definition) is 6. The number of benzene rings is 2. The van der Waals surface area contributed by atoms with Crippen molar-refractivity contribution in [1.82, 2.24) is 4.57 Å². The van der Waals surface area contributed by atoms with E-state index in [1.165, 1.54) is 0 Å². The van der Waals surface area contributed by atoms with Crippen molar-refractivity contribution in [3.05, 3.63) is 65.9 Å². The molecule has 1 aliphatic heterocycles. The van der Waals surface area contributed by atoms with Gasteiger partial charge in [-0.3, -0.25) is 0 Å². The summed E-state index contributed by atoms with van der Waals surface area (Å²) in [6, 6.07) is 15.6. The summed E-state index contributed by atoms with van der Waals surface area (Å²) in [5.74, 6) is 0.707. The van der Waals surface area contributed by atoms with Crippen LogP contribution in [-0.4, -0.2) is 63.1 Å². The summed E-state index contributed by atoms with van der Waals surface area (Å²) in [4.78, 5) is 0. The number of nitrogens with zero attached hydrogens (tertiary/aromatic N) is 1. The van der Waals surface area contributed by atoms with Gasteiger partial charge in [-0.1, -0.05) is 30.3 Å². The molecule has 0 radical (unpaired) electrons. The van der Waals surface area contributed by atoms with Crippen molar-refractivity contribution in [2.24, 2.45) is 0 Å². The summed E-state index contributed by atoms with van der Waals surface area (Å²) in [6.45, 7) is -0.467. The molecule has 2 aromatic carbocycles. The van der Waals surface area contributed by atoms with Gasteiger partial charge in [0, 0.05) is 11.6 Å². The normalized spacial score (nSPS) is 27.3. The largest absolute Gasteiger partial charge is 0.497 e. The Balaban J connectivity index is 1.80. The van der Waals surface area contributed by atoms with Crippen LogP contribution in [0.3, 0.4) is 0 Å². The lowest BCUT2D eigenvalue weighted by molar-refractivity contribution is -0.250. The van der Waals surface area contributed by atoms with Crippen LogP contribution in [0.4, 0.5) is 0 Å². The molecule has 4 N–H and O–H groups in total. The fourth-order valence-electron chi connectivity index (χ4n) is 3.91. The van der Waals surface area contributed by atoms with Crippen molar-refractivity contribution in [2.45, 2.75) is 37.1 Å². The standard InChI is InChI=1S/C22H25NO6/c1-28-15-7-8-17-16(10-15)14(9-13-5-3-2-4-6-13)11-23(17)22-21(27)20(26)19(25)18(12-24)29-22/h2-8,10-11,18-22,24-27H,9,12H2,1H3/t18-,19-,20+,21-,22-/m1/s1. The lowest BCUT2D eigenvalue weighted by atomic mass is 9.98. The first-order chi connectivity index (χ1) is 14.0. The van der Waals surface area contributed by atoms with Crippen LogP contribution in [0.25, 0.3) is 10.9 Å². The van der Waals surface area contributed by atoms with Crippen molar-refractivity contribution in [3.63, 3.8) is 0 Å². The number of aliphatic hydroxyl groups excluding tert-OH is 4. The molecule has 29 heavy (non-hydrogen) atoms. The Morgan fingerprint density at radius 2 is 1.76 bits per heavy atom. The Morgan fingerprint density at radius 1 is 1.00 bits per heavy atom. The molecule has 7 nitrogen and oxygen atoms in total. The third-order valence-corrected chi connectivity index (χ3v) is 5.50. The third-order valence-electron chi connectivity index (χ3n) is 5.50. The van der Waals surface area contributed by atoms with Crippen molar-refractivity contribution < 1.29 is 29.9 Å². The van der Waals surface area contributed by atoms with Gasteiger partial charge in [-0.25, -0.2) is 0 Å². The molecule has 2 heterocycles. The minimum atomic E-state index is -1.43. The minimum absolute atomic E-state index is 0.467. The summed E-state index contributed by atoms with van der Waals surface area (Å²) in [5, 5.41) is 41.3. The molecule has 0 bridgehead atoms. The zero-order chi connectivity index (χ0) is 20.5. The van der Waals surface area contributed by atoms with Gasteiger partial charge in [0.1, 0.15) is 30.2 Å². The van der Waals surface area contributed by atoms with E-state index in [0.29, 0.717) is 12.2 Å². The minimum Gasteiger partial charge on any atom is -0.497 e. The molecule has 0 unspecified atom stereocenters. The molecule has 5 atom stereocenters. The zero-order valence-corrected chi connectivity index (χ0v) is 16.0. The number of hydrogen-bond donors (Lipinski definition) is 4. The number of aromatic nitrogens is 1. The maximum Gasteiger partial charge on any atom is 0.163 e. The first kappa shape index (κ1) is 19.9. The predicted molar refractivity (Wildman–Crippen MR) is 107 cm³/mol. The van der Waals surface area contributed by atoms with Gasteiger partial charge in [0.15, 0.2) is 6.23 Å². The molecule has 1 fully saturated rings. The summed E-state index contributed by atoms with van der Waals surface area (Å²) in [6.07, 6.45) is -3.55. The van der Waals surface area contributed by atoms with Crippen LogP contribution in [0.2, 0.25) is 0 Å². The molecule has 1 aromatic heterocycles. The van der Waals surface area contributed by atoms with Crippen LogP contribution in [0.15, 0.2) is 54.7 Å². The summed E-state index contributed by atoms with van der Waals surface area (Å²) >= 11 is 0. The molecular weight excluding hydrogens is 374 g/mol. The van der Waals surface area contributed by atoms with Gasteiger partial charge in [0.2, 0.25) is 0 Å². The molecule has 0 amide bonds. The Kier molecular flexibility index (Phi) is 5.58. The van der Waals surface area contributed by atoms with Crippen molar-refractivity contribution >= 4 is 10.9 Å². The molecule has 1 aliphatic rings. The smallest absolute Gasteiger partial charge is 0.163 e. The van der Waals surface area contributed by atoms with Gasteiger partial charge in [0.05, 0.1) is 19.2 Å². The summed E-state index contributed by atoms with van der Waals surface area (Å²) in [5.41, 5.74) is 2.92. The SMILES string of the molecule is COc1ccc2c(c1)c(Cc1ccccc1)cn2[C@@H]1O[C@H](CO)[C@@H](O)[C@H](O)[C@H]1O. The van der Waals surface area contributed by atoms with Gasteiger partial charge in [-0.05, 0) is 35.7 Å². The van der Waals surface area contributed by atoms with E-state index in [2.05, 4.69) is 0 Å². The summed E-state index contributed by atoms with van der Waals surface area (Å²) in [7, 11) is 1.60. The van der Waals surface area contributed by atoms with Gasteiger partial charge in [-0.2, -0.15) is 0 Å². The molecule has 7 heteroatoms. The molecule has 0 aliphatic carbocycles. The number of ether oxygens (including phenoxy) is 2. The number of fused-ring (bicyclic) bond motifs is 1. The highest BCUT2D eigenvalue weighted by Gasteiger charge is 2.44. The molecule has 0 saturated carbocycles. The number of aliphatic hydroxyl groups is 4. The Labute approximate surface area is 168 Å². The van der Waals surface area contributed by atoms with E-state index in [4.69, 9.17) is 9.47 Å². The van der Waals surface area contributed by atoms with E-state index in [1.54, 1.807) is 11.7 Å². The Hall–Kier alpha value is -2.42. The van der Waals surface area contributed by atoms with Crippen LogP contribution in [-0.2, 0) is 11.2 Å². The highest BCUT2D eigenvalue weighted by molar-refractivity contribution is 5.86. The summed E-state index contributed by atoms with van der Waals surface area (Å²) < 4.78 is 12.9. The molecule has 1 saturated heterocycles. The first-order valence-corrected chi connectivity index (χ1v) is 9.55. The van der Waals surface area contributed by atoms with Crippen LogP contribution in [0.1, 0.15) is 17.4 Å². The highest BCUT2D eigenvalue weighted by Crippen LogP contribution is 2.35. The molecule has 3 aromatic rings. The second kappa shape index (κ2) is 8.14. The van der Waals surface area contributed by atoms with Gasteiger partial charge in [-0.15, -0.1) is 0 Å². The van der Waals surface area contributed by atoms with E-state index in [1.807, 2.05) is 54.7 Å². The molecule has 4 rings (SSSR count). The van der Waals surface area contributed by atoms with Gasteiger partial charge >= 0.3 is 0 Å². The van der Waals surface area contributed by atoms with Crippen molar-refractivity contribution in [1.29, 1.82) is 0 Å². The monoisotopic (exact) mass is 399 g/mol. The average molecular weight is 399 g/mol. The van der Waals surface area contributed by atoms with E-state index >= 15 is 0 Å². The average Bonchev–Trinajstić information content (AvgIpc) is 3.10. The lowest BCUT2D eigenvalue weighted by Gasteiger charge is -2.40. The lowest BCUT2D eigenvalue weighted by Crippen LogP contribution is -2.56. The van der Waals surface area contributed by atoms with E-state index in [9.17, 15) is 20.4 Å². The molecule has 0 spiro atoms. The Morgan fingerprint density at radius 3 is 2.45 bits per heavy atom. The maximum atomic E-state index is 10.6. The fraction of sp³-hybridized carbons (Fsp3) is 0.364. The van der Waals surface area contributed by atoms with Crippen LogP contribution < -0.4 is 4.74 Å². The van der Waals surface area contributed by atoms with Crippen LogP contribution >= 0.6 is 0 Å². The van der Waals surface area contributed by atoms with Crippen LogP contribution in [0.5, 0.6) is 5.75 Å². The highest BCUT2D eigenvalue weighted by atomic mass is 16.6. The first-order valence-electron chi connectivity index (χ1n) is 9.55. The van der Waals surface area contributed by atoms with E-state index < -0.39 is 37.3 Å². The zero-order valence-electron chi connectivity index (χ0n) is 16.0. The molecular formula is C22H25NO6. The fourth-order valence-corrected chi connectivity index (χ4v) is 3.91. The van der Waals surface area contributed by atoms with E-state index in [-0.39, 0.29) is 0 Å². The number of rotatable bonds is 5. The second-order valence-electron chi connectivity index (χ2n) is 7.33. The quantitative estimate of drug-likeness (QED) is 0.514. The van der Waals surface area contributed by atoms with Gasteiger partial charge in [0.25, 0.3) is 0 Å². The predicted octanol–water partition coefficient (Wildman–Crippen LogP) is 1.21. The third kappa shape index (κ3) is 3.63. The maximum absolute atomic E-state index is 10.6. The van der Waals surface area contributed by atoms with E-state index in [0.717, 1.165) is 22.0 Å². The van der Waals surface area contributed by atoms with Crippen molar-refractivity contribution in [3.8, 4) is 5.75 Å². The molecule has 154 valence electrons. The topological polar surface area (TPSA) is 104 Å². The van der Waals surface area contributed by atoms with Crippen molar-refractivity contribution in [2.75, 3.05) is 13.7 Å².